The van der Waals surface area contributed by atoms with E-state index in [2.05, 4.69) is 4.98 Å². The predicted molar refractivity (Wildman–Crippen MR) is 45.6 cm³/mol. The quantitative estimate of drug-likeness (QED) is 0.672. The first-order chi connectivity index (χ1) is 6.68. The highest BCUT2D eigenvalue weighted by atomic mass is 19.1. The van der Waals surface area contributed by atoms with Crippen LogP contribution in [0, 0.1) is 5.82 Å². The van der Waals surface area contributed by atoms with Crippen LogP contribution in [0.3, 0.4) is 0 Å². The van der Waals surface area contributed by atoms with E-state index in [1.807, 2.05) is 0 Å². The molecule has 1 aliphatic heterocycles. The molecule has 1 saturated heterocycles. The molecule has 2 rings (SSSR count). The molecule has 1 atom stereocenters. The number of halogens is 1. The number of aromatic amines is 2. The van der Waals surface area contributed by atoms with E-state index in [9.17, 15) is 14.0 Å². The number of aromatic nitrogens is 2. The molecule has 1 unspecified atom stereocenters. The molecule has 0 aromatic carbocycles. The summed E-state index contributed by atoms with van der Waals surface area (Å²) >= 11 is 0. The van der Waals surface area contributed by atoms with E-state index in [1.165, 1.54) is 0 Å². The molecule has 0 radical (unpaired) electrons. The van der Waals surface area contributed by atoms with Crippen LogP contribution >= 0.6 is 0 Å². The van der Waals surface area contributed by atoms with E-state index in [-0.39, 0.29) is 5.69 Å². The van der Waals surface area contributed by atoms with Gasteiger partial charge in [-0.25, -0.2) is 4.79 Å². The molecular weight excluding hydrogens is 191 g/mol. The summed E-state index contributed by atoms with van der Waals surface area (Å²) in [6.07, 6.45) is 0.930. The van der Waals surface area contributed by atoms with Crippen LogP contribution in [0.5, 0.6) is 0 Å². The molecule has 5 nitrogen and oxygen atoms in total. The number of rotatable bonds is 1. The highest BCUT2D eigenvalue weighted by molar-refractivity contribution is 5.07. The van der Waals surface area contributed by atoms with Crippen molar-refractivity contribution >= 4 is 0 Å². The Kier molecular flexibility index (Phi) is 2.20. The Balaban J connectivity index is 2.51. The molecule has 2 N–H and O–H groups in total. The Bertz CT molecular complexity index is 445. The zero-order valence-corrected chi connectivity index (χ0v) is 7.30. The van der Waals surface area contributed by atoms with E-state index in [0.29, 0.717) is 13.0 Å². The summed E-state index contributed by atoms with van der Waals surface area (Å²) in [5.41, 5.74) is -1.75. The van der Waals surface area contributed by atoms with Gasteiger partial charge >= 0.3 is 5.69 Å². The van der Waals surface area contributed by atoms with Gasteiger partial charge in [-0.05, 0) is 12.8 Å². The highest BCUT2D eigenvalue weighted by Crippen LogP contribution is 2.26. The maximum atomic E-state index is 13.2. The second-order valence-electron chi connectivity index (χ2n) is 3.14. The molecule has 0 bridgehead atoms. The van der Waals surface area contributed by atoms with Crippen molar-refractivity contribution in [3.63, 3.8) is 0 Å². The third-order valence-electron chi connectivity index (χ3n) is 2.16. The molecule has 0 amide bonds. The van der Waals surface area contributed by atoms with E-state index in [4.69, 9.17) is 4.74 Å². The van der Waals surface area contributed by atoms with E-state index < -0.39 is 23.2 Å². The van der Waals surface area contributed by atoms with Crippen molar-refractivity contribution in [3.05, 3.63) is 32.3 Å². The molecule has 1 aliphatic rings. The zero-order valence-electron chi connectivity index (χ0n) is 7.30. The number of hydrogen-bond acceptors (Lipinski definition) is 3. The largest absolute Gasteiger partial charge is 0.372 e. The summed E-state index contributed by atoms with van der Waals surface area (Å²) in [6.45, 7) is 0.527. The predicted octanol–water partition coefficient (Wildman–Crippen LogP) is 0.0538. The zero-order chi connectivity index (χ0) is 10.1. The van der Waals surface area contributed by atoms with Crippen LogP contribution in [0.4, 0.5) is 4.39 Å². The third-order valence-corrected chi connectivity index (χ3v) is 2.16. The van der Waals surface area contributed by atoms with Gasteiger partial charge in [-0.2, -0.15) is 4.39 Å². The highest BCUT2D eigenvalue weighted by Gasteiger charge is 2.23. The van der Waals surface area contributed by atoms with Crippen molar-refractivity contribution in [3.8, 4) is 0 Å². The monoisotopic (exact) mass is 200 g/mol. The topological polar surface area (TPSA) is 75.0 Å². The van der Waals surface area contributed by atoms with Gasteiger partial charge in [-0.15, -0.1) is 0 Å². The minimum absolute atomic E-state index is 0.0451. The lowest BCUT2D eigenvalue weighted by atomic mass is 10.2. The lowest BCUT2D eigenvalue weighted by Crippen LogP contribution is -2.28. The van der Waals surface area contributed by atoms with Crippen LogP contribution in [0.15, 0.2) is 9.59 Å². The van der Waals surface area contributed by atoms with Crippen LogP contribution in [-0.4, -0.2) is 16.6 Å². The lowest BCUT2D eigenvalue weighted by molar-refractivity contribution is 0.104. The van der Waals surface area contributed by atoms with Gasteiger partial charge in [0.1, 0.15) is 6.10 Å². The van der Waals surface area contributed by atoms with Gasteiger partial charge in [0.15, 0.2) is 0 Å². The fraction of sp³-hybridized carbons (Fsp3) is 0.500. The number of H-pyrrole nitrogens is 2. The minimum Gasteiger partial charge on any atom is -0.372 e. The average Bonchev–Trinajstić information content (AvgIpc) is 2.63. The Morgan fingerprint density at radius 1 is 1.36 bits per heavy atom. The molecule has 0 saturated carbocycles. The average molecular weight is 200 g/mol. The van der Waals surface area contributed by atoms with Crippen LogP contribution in [-0.2, 0) is 4.74 Å². The van der Waals surface area contributed by atoms with Crippen molar-refractivity contribution < 1.29 is 9.13 Å². The van der Waals surface area contributed by atoms with Gasteiger partial charge in [0.25, 0.3) is 5.56 Å². The van der Waals surface area contributed by atoms with Crippen molar-refractivity contribution in [1.82, 2.24) is 9.97 Å². The van der Waals surface area contributed by atoms with Crippen molar-refractivity contribution in [2.75, 3.05) is 6.61 Å². The summed E-state index contributed by atoms with van der Waals surface area (Å²) in [5, 5.41) is 0. The molecule has 2 heterocycles. The summed E-state index contributed by atoms with van der Waals surface area (Å²) < 4.78 is 18.4. The fourth-order valence-electron chi connectivity index (χ4n) is 1.52. The summed E-state index contributed by atoms with van der Waals surface area (Å²) in [4.78, 5) is 25.9. The van der Waals surface area contributed by atoms with Crippen LogP contribution in [0.1, 0.15) is 24.6 Å². The number of hydrogen-bond donors (Lipinski definition) is 2. The molecular formula is C8H9FN2O3. The second kappa shape index (κ2) is 3.38. The standard InChI is InChI=1S/C8H9FN2O3/c9-5-6(4-2-1-3-14-4)10-8(13)11-7(5)12/h4H,1-3H2,(H2,10,11,12,13). The van der Waals surface area contributed by atoms with Crippen LogP contribution in [0.25, 0.3) is 0 Å². The second-order valence-corrected chi connectivity index (χ2v) is 3.14. The third kappa shape index (κ3) is 1.48. The molecule has 0 aliphatic carbocycles. The van der Waals surface area contributed by atoms with E-state index >= 15 is 0 Å². The maximum Gasteiger partial charge on any atom is 0.326 e. The Hall–Kier alpha value is -1.43. The number of ether oxygens (including phenoxy) is 1. The van der Waals surface area contributed by atoms with E-state index in [1.54, 1.807) is 4.98 Å². The fourth-order valence-corrected chi connectivity index (χ4v) is 1.52. The first-order valence-corrected chi connectivity index (χ1v) is 4.32. The number of nitrogens with one attached hydrogen (secondary N) is 2. The molecule has 1 fully saturated rings. The molecule has 1 aromatic rings. The van der Waals surface area contributed by atoms with Gasteiger partial charge < -0.3 is 9.72 Å². The first kappa shape index (κ1) is 9.14. The summed E-state index contributed by atoms with van der Waals surface area (Å²) in [6, 6.07) is 0. The van der Waals surface area contributed by atoms with Crippen LogP contribution < -0.4 is 11.2 Å². The smallest absolute Gasteiger partial charge is 0.326 e. The Morgan fingerprint density at radius 2 is 2.14 bits per heavy atom. The SMILES string of the molecule is O=c1[nH]c(C2CCCO2)c(F)c(=O)[nH]1. The van der Waals surface area contributed by atoms with Gasteiger partial charge in [0, 0.05) is 6.61 Å². The maximum absolute atomic E-state index is 13.2. The summed E-state index contributed by atoms with van der Waals surface area (Å²) in [7, 11) is 0. The van der Waals surface area contributed by atoms with Gasteiger partial charge in [0.2, 0.25) is 5.82 Å². The van der Waals surface area contributed by atoms with Crippen molar-refractivity contribution in [1.29, 1.82) is 0 Å². The Morgan fingerprint density at radius 3 is 2.79 bits per heavy atom. The Labute approximate surface area is 77.9 Å². The molecule has 76 valence electrons. The van der Waals surface area contributed by atoms with Gasteiger partial charge in [-0.3, -0.25) is 9.78 Å². The van der Waals surface area contributed by atoms with Crippen LogP contribution in [0.2, 0.25) is 0 Å². The van der Waals surface area contributed by atoms with Crippen molar-refractivity contribution in [2.45, 2.75) is 18.9 Å². The summed E-state index contributed by atoms with van der Waals surface area (Å²) in [5.74, 6) is -0.962. The van der Waals surface area contributed by atoms with Crippen molar-refractivity contribution in [2.24, 2.45) is 0 Å². The molecule has 6 heteroatoms. The van der Waals surface area contributed by atoms with Gasteiger partial charge in [-0.1, -0.05) is 0 Å². The first-order valence-electron chi connectivity index (χ1n) is 4.32. The van der Waals surface area contributed by atoms with Gasteiger partial charge in [0.05, 0.1) is 5.69 Å². The molecule has 1 aromatic heterocycles. The molecule has 14 heavy (non-hydrogen) atoms. The van der Waals surface area contributed by atoms with E-state index in [0.717, 1.165) is 6.42 Å². The molecule has 0 spiro atoms. The minimum atomic E-state index is -1.00. The normalized spacial score (nSPS) is 21.4. The lowest BCUT2D eigenvalue weighted by Gasteiger charge is -2.08.